The molecule has 3 heteroatoms. The minimum absolute atomic E-state index is 0.490. The Kier molecular flexibility index (Phi) is 10.8. The van der Waals surface area contributed by atoms with Crippen molar-refractivity contribution in [1.82, 2.24) is 0 Å². The maximum atomic E-state index is 2.56. The lowest BCUT2D eigenvalue weighted by molar-refractivity contribution is 0.655. The standard InChI is InChI=1S/C41H39P3/c1-34(44(40-28-16-6-17-29-40)41-30-18-7-19-31-41)35(32-42(36-20-8-2-9-21-36)37-22-10-3-11-23-37)33-43(38-24-12-4-13-25-38)39-26-14-5-15-27-39/h2-31,34-35H,32-33H2,1H3. The largest absolute Gasteiger partial charge is 0.0622 e. The van der Waals surface area contributed by atoms with Crippen molar-refractivity contribution in [3.05, 3.63) is 182 Å². The molecule has 0 bridgehead atoms. The van der Waals surface area contributed by atoms with Crippen LogP contribution in [0.3, 0.4) is 0 Å². The van der Waals surface area contributed by atoms with E-state index in [1.54, 1.807) is 0 Å². The van der Waals surface area contributed by atoms with Crippen molar-refractivity contribution in [3.8, 4) is 0 Å². The Morgan fingerprint density at radius 3 is 0.818 bits per heavy atom. The fraction of sp³-hybridized carbons (Fsp3) is 0.122. The second kappa shape index (κ2) is 15.6. The van der Waals surface area contributed by atoms with Gasteiger partial charge in [-0.3, -0.25) is 0 Å². The summed E-state index contributed by atoms with van der Waals surface area (Å²) in [7, 11) is -1.63. The van der Waals surface area contributed by atoms with E-state index in [0.717, 1.165) is 0 Å². The molecule has 0 aromatic heterocycles. The van der Waals surface area contributed by atoms with Gasteiger partial charge in [0.1, 0.15) is 0 Å². The van der Waals surface area contributed by atoms with Gasteiger partial charge in [0.15, 0.2) is 0 Å². The molecule has 0 amide bonds. The van der Waals surface area contributed by atoms with Crippen LogP contribution in [0.25, 0.3) is 0 Å². The molecule has 44 heavy (non-hydrogen) atoms. The van der Waals surface area contributed by atoms with Gasteiger partial charge in [-0.25, -0.2) is 0 Å². The molecule has 0 saturated heterocycles. The van der Waals surface area contributed by atoms with Crippen molar-refractivity contribution in [2.45, 2.75) is 12.6 Å². The quantitative estimate of drug-likeness (QED) is 0.120. The van der Waals surface area contributed by atoms with Gasteiger partial charge in [0.2, 0.25) is 0 Å². The van der Waals surface area contributed by atoms with Crippen LogP contribution in [0.1, 0.15) is 6.92 Å². The van der Waals surface area contributed by atoms with E-state index in [1.807, 2.05) is 0 Å². The first-order valence-electron chi connectivity index (χ1n) is 15.4. The molecule has 1 unspecified atom stereocenters. The fourth-order valence-electron chi connectivity index (χ4n) is 5.99. The Morgan fingerprint density at radius 2 is 0.568 bits per heavy atom. The predicted molar refractivity (Wildman–Crippen MR) is 200 cm³/mol. The van der Waals surface area contributed by atoms with Crippen molar-refractivity contribution < 1.29 is 0 Å². The molecule has 0 heterocycles. The highest BCUT2D eigenvalue weighted by Gasteiger charge is 2.33. The summed E-state index contributed by atoms with van der Waals surface area (Å²) in [4.78, 5) is 0. The molecular weight excluding hydrogens is 585 g/mol. The third-order valence-electron chi connectivity index (χ3n) is 8.26. The summed E-state index contributed by atoms with van der Waals surface area (Å²) in [6.45, 7) is 2.56. The monoisotopic (exact) mass is 624 g/mol. The Balaban J connectivity index is 1.47. The van der Waals surface area contributed by atoms with Gasteiger partial charge in [-0.15, -0.1) is 0 Å². The van der Waals surface area contributed by atoms with Crippen LogP contribution in [-0.4, -0.2) is 18.0 Å². The molecule has 218 valence electrons. The normalized spacial score (nSPS) is 12.2. The van der Waals surface area contributed by atoms with Gasteiger partial charge < -0.3 is 0 Å². The van der Waals surface area contributed by atoms with E-state index < -0.39 is 23.8 Å². The van der Waals surface area contributed by atoms with Gasteiger partial charge in [0.05, 0.1) is 0 Å². The van der Waals surface area contributed by atoms with Crippen LogP contribution in [0.15, 0.2) is 182 Å². The van der Waals surface area contributed by atoms with E-state index in [-0.39, 0.29) is 0 Å². The minimum Gasteiger partial charge on any atom is -0.0622 e. The Bertz CT molecular complexity index is 1460. The van der Waals surface area contributed by atoms with Crippen LogP contribution in [0.5, 0.6) is 0 Å². The molecule has 0 spiro atoms. The molecule has 0 fully saturated rings. The fourth-order valence-corrected chi connectivity index (χ4v) is 14.8. The third-order valence-corrected chi connectivity index (χ3v) is 16.6. The molecule has 6 aromatic rings. The molecular formula is C41H39P3. The van der Waals surface area contributed by atoms with Crippen LogP contribution >= 0.6 is 23.8 Å². The molecule has 6 aromatic carbocycles. The van der Waals surface area contributed by atoms with Crippen LogP contribution in [0.2, 0.25) is 0 Å². The summed E-state index contributed by atoms with van der Waals surface area (Å²) in [6.07, 6.45) is 2.34. The van der Waals surface area contributed by atoms with E-state index in [1.165, 1.54) is 44.2 Å². The van der Waals surface area contributed by atoms with Crippen molar-refractivity contribution in [2.24, 2.45) is 5.92 Å². The number of hydrogen-bond acceptors (Lipinski definition) is 0. The van der Waals surface area contributed by atoms with Gasteiger partial charge in [-0.2, -0.15) is 0 Å². The predicted octanol–water partition coefficient (Wildman–Crippen LogP) is 8.39. The van der Waals surface area contributed by atoms with E-state index in [2.05, 4.69) is 189 Å². The molecule has 0 nitrogen and oxygen atoms in total. The summed E-state index contributed by atoms with van der Waals surface area (Å²) < 4.78 is 0. The average molecular weight is 625 g/mol. The zero-order chi connectivity index (χ0) is 30.0. The zero-order valence-electron chi connectivity index (χ0n) is 25.2. The smallest absolute Gasteiger partial charge is 0.0122 e. The van der Waals surface area contributed by atoms with Crippen molar-refractivity contribution in [3.63, 3.8) is 0 Å². The van der Waals surface area contributed by atoms with E-state index in [4.69, 9.17) is 0 Å². The van der Waals surface area contributed by atoms with Gasteiger partial charge in [-0.1, -0.05) is 189 Å². The van der Waals surface area contributed by atoms with Crippen molar-refractivity contribution in [1.29, 1.82) is 0 Å². The second-order valence-corrected chi connectivity index (χ2v) is 18.2. The number of rotatable bonds is 12. The van der Waals surface area contributed by atoms with Gasteiger partial charge in [0, 0.05) is 0 Å². The maximum absolute atomic E-state index is 2.56. The molecule has 0 aliphatic heterocycles. The molecule has 0 saturated carbocycles. The van der Waals surface area contributed by atoms with Crippen LogP contribution in [0.4, 0.5) is 0 Å². The van der Waals surface area contributed by atoms with E-state index in [0.29, 0.717) is 11.6 Å². The lowest BCUT2D eigenvalue weighted by Gasteiger charge is -2.37. The number of hydrogen-bond donors (Lipinski definition) is 0. The summed E-state index contributed by atoms with van der Waals surface area (Å²) >= 11 is 0. The minimum atomic E-state index is -0.568. The molecule has 1 atom stereocenters. The maximum Gasteiger partial charge on any atom is -0.0122 e. The molecule has 0 N–H and O–H groups in total. The summed E-state index contributed by atoms with van der Waals surface area (Å²) in [5, 5.41) is 8.83. The highest BCUT2D eigenvalue weighted by atomic mass is 31.1. The van der Waals surface area contributed by atoms with Gasteiger partial charge in [0.25, 0.3) is 0 Å². The molecule has 6 rings (SSSR count). The topological polar surface area (TPSA) is 0 Å². The second-order valence-electron chi connectivity index (χ2n) is 11.1. The zero-order valence-corrected chi connectivity index (χ0v) is 27.9. The van der Waals surface area contributed by atoms with Crippen molar-refractivity contribution >= 4 is 55.6 Å². The van der Waals surface area contributed by atoms with E-state index in [9.17, 15) is 0 Å². The van der Waals surface area contributed by atoms with Crippen molar-refractivity contribution in [2.75, 3.05) is 12.3 Å². The highest BCUT2D eigenvalue weighted by Crippen LogP contribution is 2.50. The molecule has 0 aliphatic carbocycles. The Hall–Kier alpha value is -3.39. The van der Waals surface area contributed by atoms with Crippen LogP contribution in [0, 0.1) is 5.92 Å². The first-order chi connectivity index (χ1) is 21.8. The van der Waals surface area contributed by atoms with Gasteiger partial charge in [-0.05, 0) is 79.5 Å². The Morgan fingerprint density at radius 1 is 0.341 bits per heavy atom. The third kappa shape index (κ3) is 7.63. The lowest BCUT2D eigenvalue weighted by atomic mass is 10.1. The average Bonchev–Trinajstić information content (AvgIpc) is 3.11. The van der Waals surface area contributed by atoms with Crippen LogP contribution in [-0.2, 0) is 0 Å². The summed E-state index contributed by atoms with van der Waals surface area (Å²) in [5.41, 5.74) is 0.490. The molecule has 0 aliphatic rings. The first-order valence-corrected chi connectivity index (χ1v) is 19.9. The number of benzene rings is 6. The molecule has 0 radical (unpaired) electrons. The first kappa shape index (κ1) is 30.6. The SMILES string of the molecule is CC(C(CP(c1ccccc1)c1ccccc1)CP(c1ccccc1)c1ccccc1)P(c1ccccc1)c1ccccc1. The van der Waals surface area contributed by atoms with Gasteiger partial charge >= 0.3 is 0 Å². The summed E-state index contributed by atoms with van der Waals surface area (Å²) in [5.74, 6) is 0.513. The van der Waals surface area contributed by atoms with Crippen LogP contribution < -0.4 is 31.8 Å². The highest BCUT2D eigenvalue weighted by molar-refractivity contribution is 7.75. The summed E-state index contributed by atoms with van der Waals surface area (Å²) in [6, 6.07) is 67.8. The van der Waals surface area contributed by atoms with E-state index >= 15 is 0 Å². The lowest BCUT2D eigenvalue weighted by Crippen LogP contribution is -2.33. The Labute approximate surface area is 267 Å².